The molecule has 0 aliphatic heterocycles. The van der Waals surface area contributed by atoms with Gasteiger partial charge in [-0.2, -0.15) is 0 Å². The summed E-state index contributed by atoms with van der Waals surface area (Å²) >= 11 is 0. The van der Waals surface area contributed by atoms with Crippen LogP contribution in [0.3, 0.4) is 0 Å². The predicted molar refractivity (Wildman–Crippen MR) is 126 cm³/mol. The molecule has 146 valence electrons. The monoisotopic (exact) mass is 398 g/mol. The van der Waals surface area contributed by atoms with Crippen LogP contribution in [-0.4, -0.2) is 19.9 Å². The van der Waals surface area contributed by atoms with Gasteiger partial charge < -0.3 is 9.97 Å². The molecule has 2 aromatic heterocycles. The van der Waals surface area contributed by atoms with Crippen molar-refractivity contribution in [3.63, 3.8) is 0 Å². The van der Waals surface area contributed by atoms with Crippen LogP contribution in [0.1, 0.15) is 22.9 Å². The molecule has 0 saturated heterocycles. The molecule has 2 heterocycles. The zero-order valence-corrected chi connectivity index (χ0v) is 16.6. The van der Waals surface area contributed by atoms with Crippen LogP contribution in [-0.2, 0) is 0 Å². The summed E-state index contributed by atoms with van der Waals surface area (Å²) in [5, 5.41) is 2.51. The Hall–Kier alpha value is -4.18. The van der Waals surface area contributed by atoms with Crippen LogP contribution in [0.5, 0.6) is 0 Å². The molecule has 0 saturated carbocycles. The molecule has 7 rings (SSSR count). The number of aromatic nitrogens is 4. The minimum absolute atomic E-state index is 0.0922. The summed E-state index contributed by atoms with van der Waals surface area (Å²) in [6.45, 7) is 0. The van der Waals surface area contributed by atoms with Gasteiger partial charge in [0.1, 0.15) is 11.6 Å². The first kappa shape index (κ1) is 16.6. The maximum absolute atomic E-state index is 4.88. The average Bonchev–Trinajstić information content (AvgIpc) is 3.44. The normalized spacial score (nSPS) is 15.3. The molecule has 31 heavy (non-hydrogen) atoms. The highest BCUT2D eigenvalue weighted by molar-refractivity contribution is 6.01. The van der Waals surface area contributed by atoms with Crippen molar-refractivity contribution in [2.24, 2.45) is 0 Å². The van der Waals surface area contributed by atoms with Gasteiger partial charge in [-0.1, -0.05) is 66.7 Å². The molecule has 0 bridgehead atoms. The van der Waals surface area contributed by atoms with Gasteiger partial charge >= 0.3 is 0 Å². The van der Waals surface area contributed by atoms with Crippen molar-refractivity contribution >= 4 is 38.9 Å². The summed E-state index contributed by atoms with van der Waals surface area (Å²) in [5.41, 5.74) is 7.71. The Labute approximate surface area is 178 Å². The van der Waals surface area contributed by atoms with Gasteiger partial charge in [0.05, 0.1) is 28.0 Å². The number of H-pyrrole nitrogens is 2. The second-order valence-electron chi connectivity index (χ2n) is 8.05. The Kier molecular flexibility index (Phi) is 3.30. The van der Waals surface area contributed by atoms with Gasteiger partial charge in [-0.25, -0.2) is 9.97 Å². The molecule has 2 N–H and O–H groups in total. The molecular weight excluding hydrogens is 380 g/mol. The van der Waals surface area contributed by atoms with E-state index in [0.717, 1.165) is 39.3 Å². The van der Waals surface area contributed by atoms with Crippen molar-refractivity contribution in [3.8, 4) is 11.4 Å². The average molecular weight is 398 g/mol. The van der Waals surface area contributed by atoms with E-state index in [1.807, 2.05) is 30.3 Å². The Morgan fingerprint density at radius 1 is 0.677 bits per heavy atom. The van der Waals surface area contributed by atoms with Crippen LogP contribution in [0.25, 0.3) is 50.3 Å². The predicted octanol–water partition coefficient (Wildman–Crippen LogP) is 6.42. The lowest BCUT2D eigenvalue weighted by molar-refractivity contribution is 0.932. The van der Waals surface area contributed by atoms with Crippen molar-refractivity contribution in [2.75, 3.05) is 0 Å². The third-order valence-corrected chi connectivity index (χ3v) is 6.26. The van der Waals surface area contributed by atoms with Gasteiger partial charge in [0.2, 0.25) is 0 Å². The van der Waals surface area contributed by atoms with Crippen LogP contribution < -0.4 is 0 Å². The molecule has 6 aromatic rings. The summed E-state index contributed by atoms with van der Waals surface area (Å²) in [4.78, 5) is 16.7. The molecule has 4 heteroatoms. The number of hydrogen-bond donors (Lipinski definition) is 2. The summed E-state index contributed by atoms with van der Waals surface area (Å²) in [5.74, 6) is 1.97. The molecule has 1 atom stereocenters. The second kappa shape index (κ2) is 6.16. The lowest BCUT2D eigenvalue weighted by Crippen LogP contribution is -2.06. The highest BCUT2D eigenvalue weighted by atomic mass is 14.9. The standard InChI is InChI=1S/C27H18N4/c1-2-9-22-21(8-1)28-26(29-22)19-13-12-16-6-5-7-17-20(15-14-18(19)25(16)17)27-30-23-10-3-4-11-24(23)31-27/h1-15,20H,(H,28,29)(H,30,31). The molecule has 0 amide bonds. The van der Waals surface area contributed by atoms with E-state index < -0.39 is 0 Å². The largest absolute Gasteiger partial charge is 0.341 e. The third-order valence-electron chi connectivity index (χ3n) is 6.26. The Morgan fingerprint density at radius 2 is 1.45 bits per heavy atom. The number of allylic oxidation sites excluding steroid dienone is 1. The summed E-state index contributed by atoms with van der Waals surface area (Å²) in [7, 11) is 0. The molecule has 1 aliphatic rings. The van der Waals surface area contributed by atoms with Gasteiger partial charge in [-0.15, -0.1) is 0 Å². The number of imidazole rings is 2. The summed E-state index contributed by atoms with van der Waals surface area (Å²) in [6.07, 6.45) is 4.48. The Balaban J connectivity index is 1.45. The quantitative estimate of drug-likeness (QED) is 0.354. The van der Waals surface area contributed by atoms with Crippen molar-refractivity contribution < 1.29 is 0 Å². The smallest absolute Gasteiger partial charge is 0.139 e. The van der Waals surface area contributed by atoms with Crippen molar-refractivity contribution in [3.05, 3.63) is 102 Å². The lowest BCUT2D eigenvalue weighted by Gasteiger charge is -2.21. The van der Waals surface area contributed by atoms with Crippen LogP contribution in [0, 0.1) is 0 Å². The number of aromatic amines is 2. The zero-order chi connectivity index (χ0) is 20.4. The molecular formula is C27H18N4. The van der Waals surface area contributed by atoms with E-state index in [1.54, 1.807) is 0 Å². The molecule has 1 aliphatic carbocycles. The van der Waals surface area contributed by atoms with E-state index in [1.165, 1.54) is 21.9 Å². The highest BCUT2D eigenvalue weighted by Crippen LogP contribution is 2.41. The molecule has 0 fully saturated rings. The van der Waals surface area contributed by atoms with Crippen molar-refractivity contribution in [1.82, 2.24) is 19.9 Å². The van der Waals surface area contributed by atoms with Gasteiger partial charge in [0.25, 0.3) is 0 Å². The number of benzene rings is 4. The maximum Gasteiger partial charge on any atom is 0.139 e. The van der Waals surface area contributed by atoms with Gasteiger partial charge in [-0.3, -0.25) is 0 Å². The van der Waals surface area contributed by atoms with Crippen LogP contribution in [0.4, 0.5) is 0 Å². The lowest BCUT2D eigenvalue weighted by atomic mass is 9.83. The fourth-order valence-electron chi connectivity index (χ4n) is 4.81. The van der Waals surface area contributed by atoms with E-state index in [9.17, 15) is 0 Å². The Morgan fingerprint density at radius 3 is 2.26 bits per heavy atom. The van der Waals surface area contributed by atoms with Crippen molar-refractivity contribution in [2.45, 2.75) is 5.92 Å². The highest BCUT2D eigenvalue weighted by Gasteiger charge is 2.24. The fraction of sp³-hybridized carbons (Fsp3) is 0.0370. The number of nitrogens with one attached hydrogen (secondary N) is 2. The van der Waals surface area contributed by atoms with Crippen LogP contribution in [0.2, 0.25) is 0 Å². The van der Waals surface area contributed by atoms with Crippen molar-refractivity contribution in [1.29, 1.82) is 0 Å². The van der Waals surface area contributed by atoms with E-state index in [2.05, 4.69) is 70.7 Å². The second-order valence-corrected chi connectivity index (χ2v) is 8.05. The van der Waals surface area contributed by atoms with Gasteiger partial charge in [0, 0.05) is 5.56 Å². The van der Waals surface area contributed by atoms with E-state index in [4.69, 9.17) is 9.97 Å². The molecule has 4 nitrogen and oxygen atoms in total. The van der Waals surface area contributed by atoms with E-state index in [-0.39, 0.29) is 5.92 Å². The maximum atomic E-state index is 4.88. The van der Waals surface area contributed by atoms with E-state index >= 15 is 0 Å². The van der Waals surface area contributed by atoms with Crippen LogP contribution in [0.15, 0.2) is 84.9 Å². The van der Waals surface area contributed by atoms with Gasteiger partial charge in [-0.05, 0) is 46.2 Å². The molecule has 0 radical (unpaired) electrons. The topological polar surface area (TPSA) is 57.4 Å². The number of fused-ring (bicyclic) bond motifs is 2. The zero-order valence-electron chi connectivity index (χ0n) is 16.6. The Bertz CT molecular complexity index is 1580. The van der Waals surface area contributed by atoms with Gasteiger partial charge in [0.15, 0.2) is 0 Å². The van der Waals surface area contributed by atoms with E-state index in [0.29, 0.717) is 0 Å². The molecule has 1 unspecified atom stereocenters. The minimum atomic E-state index is 0.0922. The number of rotatable bonds is 2. The summed E-state index contributed by atoms with van der Waals surface area (Å²) < 4.78 is 0. The first-order valence-corrected chi connectivity index (χ1v) is 10.5. The summed E-state index contributed by atoms with van der Waals surface area (Å²) in [6, 6.07) is 27.3. The number of nitrogens with zero attached hydrogens (tertiary/aromatic N) is 2. The number of hydrogen-bond acceptors (Lipinski definition) is 2. The fourth-order valence-corrected chi connectivity index (χ4v) is 4.81. The first-order chi connectivity index (χ1) is 15.3. The SMILES string of the molecule is C1=CC(c2nc3ccccc3[nH]2)c2cccc3ccc(-c4nc5ccccc5[nH]4)c1c23. The minimum Gasteiger partial charge on any atom is -0.341 e. The third kappa shape index (κ3) is 2.42. The first-order valence-electron chi connectivity index (χ1n) is 10.5. The molecule has 4 aromatic carbocycles. The molecule has 0 spiro atoms. The van der Waals surface area contributed by atoms with Crippen LogP contribution >= 0.6 is 0 Å². The number of para-hydroxylation sites is 4.